The molecule has 0 aliphatic rings. The van der Waals surface area contributed by atoms with Crippen LogP contribution in [0.25, 0.3) is 17.3 Å². The third-order valence-corrected chi connectivity index (χ3v) is 4.77. The molecule has 0 unspecified atom stereocenters. The molecule has 1 aromatic heterocycles. The van der Waals surface area contributed by atoms with Gasteiger partial charge in [0.1, 0.15) is 0 Å². The molecule has 1 N–H and O–H groups in total. The van der Waals surface area contributed by atoms with Crippen LogP contribution in [-0.4, -0.2) is 31.7 Å². The van der Waals surface area contributed by atoms with Gasteiger partial charge in [-0.05, 0) is 42.0 Å². The van der Waals surface area contributed by atoms with Crippen molar-refractivity contribution in [2.45, 2.75) is 6.61 Å². The van der Waals surface area contributed by atoms with Gasteiger partial charge in [0.2, 0.25) is 5.91 Å². The maximum absolute atomic E-state index is 13.9. The lowest BCUT2D eigenvalue weighted by Crippen LogP contribution is -2.07. The van der Waals surface area contributed by atoms with E-state index in [-0.39, 0.29) is 17.2 Å². The highest BCUT2D eigenvalue weighted by Crippen LogP contribution is 2.30. The number of halogens is 3. The number of carbonyl (C=O) groups is 1. The SMILES string of the molecule is COc1ccc(-c2csc(NC(=O)/C=C/c3ccc(OC(F)F)c(OC)c3)n2)cc1F. The van der Waals surface area contributed by atoms with Gasteiger partial charge in [-0.15, -0.1) is 11.3 Å². The van der Waals surface area contributed by atoms with Crippen LogP contribution in [0, 0.1) is 5.82 Å². The molecule has 0 atom stereocenters. The predicted molar refractivity (Wildman–Crippen MR) is 111 cm³/mol. The molecule has 162 valence electrons. The van der Waals surface area contributed by atoms with E-state index in [1.807, 2.05) is 0 Å². The number of thiazole rings is 1. The molecule has 2 aromatic carbocycles. The Morgan fingerprint density at radius 1 is 1.10 bits per heavy atom. The Morgan fingerprint density at radius 2 is 1.84 bits per heavy atom. The fourth-order valence-electron chi connectivity index (χ4n) is 2.59. The third kappa shape index (κ3) is 5.76. The van der Waals surface area contributed by atoms with Crippen LogP contribution in [0.3, 0.4) is 0 Å². The molecule has 0 aliphatic heterocycles. The number of anilines is 1. The Morgan fingerprint density at radius 3 is 2.52 bits per heavy atom. The molecule has 1 heterocycles. The second-order valence-electron chi connectivity index (χ2n) is 6.00. The molecule has 1 amide bonds. The van der Waals surface area contributed by atoms with Crippen LogP contribution in [0.1, 0.15) is 5.56 Å². The van der Waals surface area contributed by atoms with Crippen LogP contribution in [-0.2, 0) is 4.79 Å². The molecular formula is C21H17F3N2O4S. The van der Waals surface area contributed by atoms with Gasteiger partial charge in [0.15, 0.2) is 28.2 Å². The second kappa shape index (κ2) is 9.98. The van der Waals surface area contributed by atoms with E-state index in [2.05, 4.69) is 15.0 Å². The molecule has 0 fully saturated rings. The van der Waals surface area contributed by atoms with Crippen molar-refractivity contribution in [1.29, 1.82) is 0 Å². The number of amides is 1. The summed E-state index contributed by atoms with van der Waals surface area (Å²) < 4.78 is 52.9. The quantitative estimate of drug-likeness (QED) is 0.477. The van der Waals surface area contributed by atoms with E-state index < -0.39 is 18.3 Å². The maximum Gasteiger partial charge on any atom is 0.387 e. The van der Waals surface area contributed by atoms with Crippen LogP contribution in [0.5, 0.6) is 17.2 Å². The van der Waals surface area contributed by atoms with Gasteiger partial charge in [-0.1, -0.05) is 6.07 Å². The van der Waals surface area contributed by atoms with E-state index in [4.69, 9.17) is 9.47 Å². The van der Waals surface area contributed by atoms with Gasteiger partial charge in [0, 0.05) is 17.0 Å². The van der Waals surface area contributed by atoms with Crippen molar-refractivity contribution in [3.05, 3.63) is 59.2 Å². The van der Waals surface area contributed by atoms with E-state index in [0.29, 0.717) is 22.0 Å². The zero-order valence-electron chi connectivity index (χ0n) is 16.4. The number of methoxy groups -OCH3 is 2. The highest BCUT2D eigenvalue weighted by atomic mass is 32.1. The zero-order chi connectivity index (χ0) is 22.4. The van der Waals surface area contributed by atoms with Gasteiger partial charge < -0.3 is 14.2 Å². The summed E-state index contributed by atoms with van der Waals surface area (Å²) in [6.07, 6.45) is 2.74. The Balaban J connectivity index is 1.66. The summed E-state index contributed by atoms with van der Waals surface area (Å²) in [7, 11) is 2.70. The minimum absolute atomic E-state index is 0.107. The smallest absolute Gasteiger partial charge is 0.387 e. The highest BCUT2D eigenvalue weighted by Gasteiger charge is 2.12. The Hall–Kier alpha value is -3.53. The van der Waals surface area contributed by atoms with Gasteiger partial charge in [0.25, 0.3) is 0 Å². The number of hydrogen-bond donors (Lipinski definition) is 1. The molecule has 0 saturated heterocycles. The first-order valence-corrected chi connectivity index (χ1v) is 9.69. The molecule has 0 aliphatic carbocycles. The van der Waals surface area contributed by atoms with Crippen molar-refractivity contribution in [1.82, 2.24) is 4.98 Å². The van der Waals surface area contributed by atoms with E-state index in [1.165, 1.54) is 68.0 Å². The van der Waals surface area contributed by atoms with E-state index in [0.717, 1.165) is 0 Å². The monoisotopic (exact) mass is 450 g/mol. The van der Waals surface area contributed by atoms with Crippen LogP contribution in [0.15, 0.2) is 47.9 Å². The topological polar surface area (TPSA) is 69.7 Å². The second-order valence-corrected chi connectivity index (χ2v) is 6.86. The first-order valence-electron chi connectivity index (χ1n) is 8.81. The van der Waals surface area contributed by atoms with Crippen LogP contribution < -0.4 is 19.5 Å². The Labute approximate surface area is 179 Å². The van der Waals surface area contributed by atoms with Crippen molar-refractivity contribution in [2.24, 2.45) is 0 Å². The van der Waals surface area contributed by atoms with Crippen molar-refractivity contribution >= 4 is 28.5 Å². The summed E-state index contributed by atoms with van der Waals surface area (Å²) in [6.45, 7) is -2.97. The molecule has 3 rings (SSSR count). The number of carbonyl (C=O) groups excluding carboxylic acids is 1. The molecular weight excluding hydrogens is 433 g/mol. The zero-order valence-corrected chi connectivity index (χ0v) is 17.2. The number of alkyl halides is 2. The van der Waals surface area contributed by atoms with Crippen molar-refractivity contribution in [2.75, 3.05) is 19.5 Å². The van der Waals surface area contributed by atoms with Gasteiger partial charge in [-0.25, -0.2) is 9.37 Å². The lowest BCUT2D eigenvalue weighted by Gasteiger charge is -2.10. The maximum atomic E-state index is 13.9. The average Bonchev–Trinajstić information content (AvgIpc) is 3.21. The van der Waals surface area contributed by atoms with E-state index >= 15 is 0 Å². The number of hydrogen-bond acceptors (Lipinski definition) is 6. The molecule has 0 spiro atoms. The number of nitrogens with zero attached hydrogens (tertiary/aromatic N) is 1. The summed E-state index contributed by atoms with van der Waals surface area (Å²) in [5, 5.41) is 4.63. The standard InChI is InChI=1S/C21H17F3N2O4S/c1-28-16-7-5-13(10-14(16)22)15-11-31-21(25-15)26-19(27)8-4-12-3-6-17(30-20(23)24)18(9-12)29-2/h3-11,20H,1-2H3,(H,25,26,27)/b8-4+. The number of nitrogens with one attached hydrogen (secondary N) is 1. The Bertz CT molecular complexity index is 1100. The van der Waals surface area contributed by atoms with Crippen molar-refractivity contribution < 1.29 is 32.2 Å². The Kier molecular flexibility index (Phi) is 7.14. The van der Waals surface area contributed by atoms with E-state index in [9.17, 15) is 18.0 Å². The van der Waals surface area contributed by atoms with E-state index in [1.54, 1.807) is 11.4 Å². The average molecular weight is 450 g/mol. The molecule has 0 bridgehead atoms. The molecule has 6 nitrogen and oxygen atoms in total. The number of aromatic nitrogens is 1. The minimum atomic E-state index is -2.97. The fraction of sp³-hybridized carbons (Fsp3) is 0.143. The van der Waals surface area contributed by atoms with Gasteiger partial charge in [0.05, 0.1) is 19.9 Å². The lowest BCUT2D eigenvalue weighted by atomic mass is 10.1. The van der Waals surface area contributed by atoms with Crippen LogP contribution in [0.2, 0.25) is 0 Å². The highest BCUT2D eigenvalue weighted by molar-refractivity contribution is 7.14. The summed E-state index contributed by atoms with van der Waals surface area (Å²) in [5.74, 6) is -0.831. The molecule has 10 heteroatoms. The molecule has 3 aromatic rings. The molecule has 0 saturated carbocycles. The van der Waals surface area contributed by atoms with Gasteiger partial charge in [-0.3, -0.25) is 10.1 Å². The minimum Gasteiger partial charge on any atom is -0.494 e. The molecule has 31 heavy (non-hydrogen) atoms. The normalized spacial score (nSPS) is 11.0. The van der Waals surface area contributed by atoms with Crippen LogP contribution >= 0.6 is 11.3 Å². The third-order valence-electron chi connectivity index (χ3n) is 4.01. The lowest BCUT2D eigenvalue weighted by molar-refractivity contribution is -0.111. The van der Waals surface area contributed by atoms with Gasteiger partial charge in [-0.2, -0.15) is 8.78 Å². The number of ether oxygens (including phenoxy) is 3. The molecule has 0 radical (unpaired) electrons. The largest absolute Gasteiger partial charge is 0.494 e. The van der Waals surface area contributed by atoms with Crippen molar-refractivity contribution in [3.8, 4) is 28.5 Å². The summed E-state index contributed by atoms with van der Waals surface area (Å²) in [5.41, 5.74) is 1.59. The summed E-state index contributed by atoms with van der Waals surface area (Å²) in [4.78, 5) is 16.4. The summed E-state index contributed by atoms with van der Waals surface area (Å²) >= 11 is 1.19. The van der Waals surface area contributed by atoms with Crippen molar-refractivity contribution in [3.63, 3.8) is 0 Å². The number of rotatable bonds is 8. The van der Waals surface area contributed by atoms with Gasteiger partial charge >= 0.3 is 6.61 Å². The predicted octanol–water partition coefficient (Wildman–Crippen LogP) is 5.22. The summed E-state index contributed by atoms with van der Waals surface area (Å²) in [6, 6.07) is 8.75. The van der Waals surface area contributed by atoms with Crippen LogP contribution in [0.4, 0.5) is 18.3 Å². The first kappa shape index (κ1) is 22.2. The fourth-order valence-corrected chi connectivity index (χ4v) is 3.31. The first-order chi connectivity index (χ1) is 14.9. The number of benzene rings is 2.